The van der Waals surface area contributed by atoms with Crippen LogP contribution < -0.4 is 10.2 Å². The Bertz CT molecular complexity index is 376. The molecule has 2 heterocycles. The Balaban J connectivity index is 2.15. The molecule has 3 heteroatoms. The molecule has 0 aromatic carbocycles. The lowest BCUT2D eigenvalue weighted by atomic mass is 10.0. The molecule has 1 aliphatic heterocycles. The number of piperidine rings is 1. The van der Waals surface area contributed by atoms with E-state index in [0.29, 0.717) is 12.1 Å². The number of hydrogen-bond donors (Lipinski definition) is 1. The first kappa shape index (κ1) is 13.3. The fourth-order valence-electron chi connectivity index (χ4n) is 2.61. The fraction of sp³-hybridized carbons (Fsp3) is 0.667. The van der Waals surface area contributed by atoms with Gasteiger partial charge in [-0.3, -0.25) is 4.98 Å². The Morgan fingerprint density at radius 3 is 3.00 bits per heavy atom. The highest BCUT2D eigenvalue weighted by Crippen LogP contribution is 2.27. The molecule has 1 aromatic heterocycles. The Kier molecular flexibility index (Phi) is 4.59. The molecule has 1 aromatic rings. The maximum Gasteiger partial charge on any atom is 0.0445 e. The number of hydrogen-bond acceptors (Lipinski definition) is 3. The van der Waals surface area contributed by atoms with Crippen molar-refractivity contribution in [1.29, 1.82) is 0 Å². The van der Waals surface area contributed by atoms with E-state index in [9.17, 15) is 0 Å². The van der Waals surface area contributed by atoms with Gasteiger partial charge in [0.1, 0.15) is 0 Å². The summed E-state index contributed by atoms with van der Waals surface area (Å²) in [5, 5.41) is 3.49. The van der Waals surface area contributed by atoms with Crippen LogP contribution in [-0.4, -0.2) is 23.6 Å². The molecule has 18 heavy (non-hydrogen) atoms. The van der Waals surface area contributed by atoms with Crippen molar-refractivity contribution >= 4 is 5.69 Å². The maximum atomic E-state index is 4.28. The molecular formula is C15H25N3. The van der Waals surface area contributed by atoms with Crippen LogP contribution in [0.3, 0.4) is 0 Å². The molecule has 100 valence electrons. The number of rotatable bonds is 4. The number of nitrogens with zero attached hydrogens (tertiary/aromatic N) is 2. The molecule has 1 fully saturated rings. The Morgan fingerprint density at radius 2 is 2.28 bits per heavy atom. The van der Waals surface area contributed by atoms with Crippen LogP contribution in [0, 0.1) is 0 Å². The van der Waals surface area contributed by atoms with Crippen molar-refractivity contribution in [3.63, 3.8) is 0 Å². The van der Waals surface area contributed by atoms with Crippen LogP contribution >= 0.6 is 0 Å². The molecule has 0 spiro atoms. The van der Waals surface area contributed by atoms with Crippen molar-refractivity contribution in [1.82, 2.24) is 10.3 Å². The minimum atomic E-state index is 0.511. The Labute approximate surface area is 111 Å². The molecule has 1 unspecified atom stereocenters. The predicted molar refractivity (Wildman–Crippen MR) is 76.9 cm³/mol. The Hall–Kier alpha value is -1.09. The van der Waals surface area contributed by atoms with E-state index in [1.54, 1.807) is 0 Å². The first-order chi connectivity index (χ1) is 8.68. The molecule has 2 rings (SSSR count). The minimum Gasteiger partial charge on any atom is -0.368 e. The smallest absolute Gasteiger partial charge is 0.0445 e. The molecule has 1 saturated heterocycles. The summed E-state index contributed by atoms with van der Waals surface area (Å²) in [4.78, 5) is 6.82. The van der Waals surface area contributed by atoms with Crippen molar-refractivity contribution in [2.45, 2.75) is 58.7 Å². The Morgan fingerprint density at radius 1 is 1.44 bits per heavy atom. The summed E-state index contributed by atoms with van der Waals surface area (Å²) in [6.07, 6.45) is 7.90. The molecule has 1 aliphatic rings. The molecule has 1 N–H and O–H groups in total. The zero-order chi connectivity index (χ0) is 13.0. The third-order valence-corrected chi connectivity index (χ3v) is 3.69. The maximum absolute atomic E-state index is 4.28. The van der Waals surface area contributed by atoms with E-state index in [-0.39, 0.29) is 0 Å². The van der Waals surface area contributed by atoms with E-state index < -0.39 is 0 Å². The topological polar surface area (TPSA) is 28.2 Å². The van der Waals surface area contributed by atoms with Crippen LogP contribution in [-0.2, 0) is 6.54 Å². The molecule has 3 nitrogen and oxygen atoms in total. The third kappa shape index (κ3) is 3.22. The molecule has 0 aliphatic carbocycles. The number of anilines is 1. The number of aromatic nitrogens is 1. The van der Waals surface area contributed by atoms with Gasteiger partial charge in [0.2, 0.25) is 0 Å². The number of nitrogens with one attached hydrogen (secondary N) is 1. The van der Waals surface area contributed by atoms with Gasteiger partial charge in [-0.15, -0.1) is 0 Å². The lowest BCUT2D eigenvalue weighted by Crippen LogP contribution is -2.38. The van der Waals surface area contributed by atoms with Crippen molar-refractivity contribution in [2.75, 3.05) is 11.4 Å². The van der Waals surface area contributed by atoms with Crippen LogP contribution in [0.25, 0.3) is 0 Å². The van der Waals surface area contributed by atoms with Crippen molar-refractivity contribution in [3.05, 3.63) is 24.0 Å². The number of pyridine rings is 1. The quantitative estimate of drug-likeness (QED) is 0.886. The molecule has 0 amide bonds. The van der Waals surface area contributed by atoms with Crippen LogP contribution in [0.15, 0.2) is 18.5 Å². The largest absolute Gasteiger partial charge is 0.368 e. The summed E-state index contributed by atoms with van der Waals surface area (Å²) < 4.78 is 0. The van der Waals surface area contributed by atoms with Gasteiger partial charge in [0.05, 0.1) is 0 Å². The van der Waals surface area contributed by atoms with Crippen LogP contribution in [0.5, 0.6) is 0 Å². The zero-order valence-electron chi connectivity index (χ0n) is 11.8. The first-order valence-corrected chi connectivity index (χ1v) is 7.11. The first-order valence-electron chi connectivity index (χ1n) is 7.11. The second-order valence-electron chi connectivity index (χ2n) is 5.58. The summed E-state index contributed by atoms with van der Waals surface area (Å²) in [6, 6.07) is 3.33. The van der Waals surface area contributed by atoms with E-state index in [0.717, 1.165) is 6.54 Å². The van der Waals surface area contributed by atoms with Gasteiger partial charge in [0.15, 0.2) is 0 Å². The van der Waals surface area contributed by atoms with E-state index in [4.69, 9.17) is 0 Å². The van der Waals surface area contributed by atoms with Crippen molar-refractivity contribution in [3.8, 4) is 0 Å². The van der Waals surface area contributed by atoms with Gasteiger partial charge < -0.3 is 10.2 Å². The summed E-state index contributed by atoms with van der Waals surface area (Å²) >= 11 is 0. The second kappa shape index (κ2) is 6.19. The van der Waals surface area contributed by atoms with Crippen LogP contribution in [0.1, 0.15) is 45.6 Å². The van der Waals surface area contributed by atoms with Crippen molar-refractivity contribution in [2.24, 2.45) is 0 Å². The molecule has 0 bridgehead atoms. The van der Waals surface area contributed by atoms with Gasteiger partial charge >= 0.3 is 0 Å². The van der Waals surface area contributed by atoms with Gasteiger partial charge in [-0.05, 0) is 32.3 Å². The summed E-state index contributed by atoms with van der Waals surface area (Å²) in [6.45, 7) is 8.78. The molecule has 1 atom stereocenters. The summed E-state index contributed by atoms with van der Waals surface area (Å²) in [5.41, 5.74) is 2.69. The lowest BCUT2D eigenvalue weighted by Gasteiger charge is -2.36. The highest BCUT2D eigenvalue weighted by molar-refractivity contribution is 5.53. The monoisotopic (exact) mass is 247 g/mol. The molecule has 0 radical (unpaired) electrons. The predicted octanol–water partition coefficient (Wildman–Crippen LogP) is 2.96. The average Bonchev–Trinajstić information content (AvgIpc) is 2.37. The zero-order valence-corrected chi connectivity index (χ0v) is 11.8. The van der Waals surface area contributed by atoms with Crippen LogP contribution in [0.4, 0.5) is 5.69 Å². The average molecular weight is 247 g/mol. The van der Waals surface area contributed by atoms with Gasteiger partial charge in [0.25, 0.3) is 0 Å². The minimum absolute atomic E-state index is 0.511. The third-order valence-electron chi connectivity index (χ3n) is 3.69. The second-order valence-corrected chi connectivity index (χ2v) is 5.58. The standard InChI is InChI=1S/C15H25N3/c1-12(2)17-11-14-10-16-8-7-15(14)18-9-5-4-6-13(18)3/h7-8,10,12-13,17H,4-6,9,11H2,1-3H3. The van der Waals surface area contributed by atoms with E-state index in [1.165, 1.54) is 37.1 Å². The normalized spacial score (nSPS) is 20.4. The summed E-state index contributed by atoms with van der Waals surface area (Å²) in [7, 11) is 0. The van der Waals surface area contributed by atoms with E-state index >= 15 is 0 Å². The SMILES string of the molecule is CC(C)NCc1cnccc1N1CCCCC1C. The van der Waals surface area contributed by atoms with Gasteiger partial charge in [0, 0.05) is 48.8 Å². The molecule has 0 saturated carbocycles. The van der Waals surface area contributed by atoms with Gasteiger partial charge in [-0.1, -0.05) is 13.8 Å². The highest BCUT2D eigenvalue weighted by atomic mass is 15.2. The fourth-order valence-corrected chi connectivity index (χ4v) is 2.61. The van der Waals surface area contributed by atoms with Gasteiger partial charge in [-0.25, -0.2) is 0 Å². The van der Waals surface area contributed by atoms with E-state index in [1.807, 2.05) is 12.4 Å². The lowest BCUT2D eigenvalue weighted by molar-refractivity contribution is 0.482. The molecular weight excluding hydrogens is 222 g/mol. The van der Waals surface area contributed by atoms with Gasteiger partial charge in [-0.2, -0.15) is 0 Å². The highest BCUT2D eigenvalue weighted by Gasteiger charge is 2.20. The van der Waals surface area contributed by atoms with Crippen molar-refractivity contribution < 1.29 is 0 Å². The van der Waals surface area contributed by atoms with Crippen LogP contribution in [0.2, 0.25) is 0 Å². The summed E-state index contributed by atoms with van der Waals surface area (Å²) in [5.74, 6) is 0. The van der Waals surface area contributed by atoms with E-state index in [2.05, 4.69) is 42.0 Å².